The van der Waals surface area contributed by atoms with Crippen LogP contribution in [-0.2, 0) is 0 Å². The minimum atomic E-state index is 0.788. The lowest BCUT2D eigenvalue weighted by molar-refractivity contribution is 0.456. The molecule has 4 aromatic rings. The molecule has 4 nitrogen and oxygen atoms in total. The van der Waals surface area contributed by atoms with Gasteiger partial charge in [-0.3, -0.25) is 0 Å². The first-order valence-corrected chi connectivity index (χ1v) is 6.52. The van der Waals surface area contributed by atoms with Crippen molar-refractivity contribution >= 4 is 21.9 Å². The lowest BCUT2D eigenvalue weighted by atomic mass is 10.1. The Hall–Kier alpha value is -2.62. The Morgan fingerprint density at radius 1 is 1.00 bits per heavy atom. The first-order valence-electron chi connectivity index (χ1n) is 6.52. The highest BCUT2D eigenvalue weighted by Gasteiger charge is 2.11. The van der Waals surface area contributed by atoms with Crippen molar-refractivity contribution < 1.29 is 4.52 Å². The van der Waals surface area contributed by atoms with E-state index >= 15 is 0 Å². The molecular weight excluding hydrogens is 250 g/mol. The maximum Gasteiger partial charge on any atom is 0.169 e. The third-order valence-electron chi connectivity index (χ3n) is 3.55. The maximum absolute atomic E-state index is 5.28. The lowest BCUT2D eigenvalue weighted by Crippen LogP contribution is -1.97. The Kier molecular flexibility index (Phi) is 2.21. The van der Waals surface area contributed by atoms with E-state index in [1.54, 1.807) is 6.20 Å². The highest BCUT2D eigenvalue weighted by molar-refractivity contribution is 5.89. The predicted octanol–water partition coefficient (Wildman–Crippen LogP) is 3.78. The molecule has 0 bridgehead atoms. The smallest absolute Gasteiger partial charge is 0.169 e. The molecule has 0 saturated heterocycles. The number of nitrogens with zero attached hydrogens (tertiary/aromatic N) is 3. The molecule has 2 heterocycles. The van der Waals surface area contributed by atoms with E-state index in [0.29, 0.717) is 0 Å². The molecule has 0 N–H and O–H groups in total. The molecular formula is C16H13N3O. The lowest BCUT2D eigenvalue weighted by Gasteiger charge is -2.06. The van der Waals surface area contributed by atoms with Crippen LogP contribution in [0.15, 0.2) is 47.2 Å². The molecule has 0 fully saturated rings. The van der Waals surface area contributed by atoms with E-state index in [4.69, 9.17) is 4.52 Å². The second kappa shape index (κ2) is 3.93. The average molecular weight is 263 g/mol. The van der Waals surface area contributed by atoms with Crippen molar-refractivity contribution in [2.24, 2.45) is 0 Å². The van der Waals surface area contributed by atoms with E-state index in [-0.39, 0.29) is 0 Å². The monoisotopic (exact) mass is 263 g/mol. The van der Waals surface area contributed by atoms with Crippen molar-refractivity contribution in [3.8, 4) is 5.69 Å². The molecule has 2 aromatic carbocycles. The number of hydrogen-bond donors (Lipinski definition) is 0. The summed E-state index contributed by atoms with van der Waals surface area (Å²) in [6, 6.07) is 10.4. The van der Waals surface area contributed by atoms with Gasteiger partial charge in [-0.25, -0.2) is 4.68 Å². The fourth-order valence-electron chi connectivity index (χ4n) is 2.58. The molecule has 0 amide bonds. The summed E-state index contributed by atoms with van der Waals surface area (Å²) in [7, 11) is 0. The van der Waals surface area contributed by atoms with Crippen LogP contribution < -0.4 is 0 Å². The maximum atomic E-state index is 5.28. The first kappa shape index (κ1) is 11.2. The number of hydrogen-bond acceptors (Lipinski definition) is 3. The third-order valence-corrected chi connectivity index (χ3v) is 3.55. The van der Waals surface area contributed by atoms with E-state index in [2.05, 4.69) is 41.4 Å². The molecule has 4 rings (SSSR count). The van der Waals surface area contributed by atoms with Gasteiger partial charge in [0, 0.05) is 5.39 Å². The minimum Gasteiger partial charge on any atom is -0.356 e. The van der Waals surface area contributed by atoms with E-state index in [1.807, 2.05) is 23.9 Å². The van der Waals surface area contributed by atoms with E-state index in [9.17, 15) is 0 Å². The van der Waals surface area contributed by atoms with Crippen molar-refractivity contribution in [1.82, 2.24) is 14.9 Å². The number of benzene rings is 2. The molecule has 4 heteroatoms. The molecule has 2 aromatic heterocycles. The van der Waals surface area contributed by atoms with Crippen molar-refractivity contribution in [3.05, 3.63) is 53.9 Å². The summed E-state index contributed by atoms with van der Waals surface area (Å²) in [6.07, 6.45) is 3.63. The quantitative estimate of drug-likeness (QED) is 0.525. The highest BCUT2D eigenvalue weighted by atomic mass is 16.5. The summed E-state index contributed by atoms with van der Waals surface area (Å²) in [4.78, 5) is 0. The molecule has 0 aliphatic rings. The number of aromatic nitrogens is 3. The SMILES string of the molecule is Cc1cc(-n2ncc3ccc(C)cc32)c2cnoc2c1. The Morgan fingerprint density at radius 2 is 1.90 bits per heavy atom. The van der Waals surface area contributed by atoms with Gasteiger partial charge in [-0.05, 0) is 43.2 Å². The Balaban J connectivity index is 2.10. The topological polar surface area (TPSA) is 43.9 Å². The second-order valence-electron chi connectivity index (χ2n) is 5.14. The van der Waals surface area contributed by atoms with Gasteiger partial charge >= 0.3 is 0 Å². The number of rotatable bonds is 1. The minimum absolute atomic E-state index is 0.788. The van der Waals surface area contributed by atoms with Crippen molar-refractivity contribution in [1.29, 1.82) is 0 Å². The van der Waals surface area contributed by atoms with Crippen molar-refractivity contribution in [2.45, 2.75) is 13.8 Å². The van der Waals surface area contributed by atoms with Crippen LogP contribution >= 0.6 is 0 Å². The molecule has 98 valence electrons. The molecule has 0 aliphatic carbocycles. The fraction of sp³-hybridized carbons (Fsp3) is 0.125. The summed E-state index contributed by atoms with van der Waals surface area (Å²) < 4.78 is 7.24. The van der Waals surface area contributed by atoms with Gasteiger partial charge in [-0.15, -0.1) is 0 Å². The van der Waals surface area contributed by atoms with Crippen LogP contribution in [0.4, 0.5) is 0 Å². The molecule has 0 spiro atoms. The van der Waals surface area contributed by atoms with Gasteiger partial charge in [0.15, 0.2) is 5.58 Å². The van der Waals surface area contributed by atoms with E-state index < -0.39 is 0 Å². The number of fused-ring (bicyclic) bond motifs is 2. The van der Waals surface area contributed by atoms with Gasteiger partial charge < -0.3 is 4.52 Å². The van der Waals surface area contributed by atoms with Crippen LogP contribution in [0.5, 0.6) is 0 Å². The van der Waals surface area contributed by atoms with Gasteiger partial charge in [-0.2, -0.15) is 5.10 Å². The van der Waals surface area contributed by atoms with E-state index in [0.717, 1.165) is 33.1 Å². The fourth-order valence-corrected chi connectivity index (χ4v) is 2.58. The average Bonchev–Trinajstić information content (AvgIpc) is 3.03. The second-order valence-corrected chi connectivity index (χ2v) is 5.14. The molecule has 0 radical (unpaired) electrons. The molecule has 0 atom stereocenters. The van der Waals surface area contributed by atoms with Gasteiger partial charge in [-0.1, -0.05) is 17.3 Å². The van der Waals surface area contributed by atoms with Gasteiger partial charge in [0.25, 0.3) is 0 Å². The zero-order valence-corrected chi connectivity index (χ0v) is 11.3. The van der Waals surface area contributed by atoms with Gasteiger partial charge in [0.05, 0.1) is 29.0 Å². The molecule has 0 unspecified atom stereocenters. The normalized spacial score (nSPS) is 11.5. The van der Waals surface area contributed by atoms with E-state index in [1.165, 1.54) is 5.56 Å². The molecule has 0 aliphatic heterocycles. The zero-order chi connectivity index (χ0) is 13.7. The van der Waals surface area contributed by atoms with Gasteiger partial charge in [0.1, 0.15) is 0 Å². The zero-order valence-electron chi connectivity index (χ0n) is 11.3. The predicted molar refractivity (Wildman–Crippen MR) is 78.1 cm³/mol. The van der Waals surface area contributed by atoms with Crippen LogP contribution in [0.1, 0.15) is 11.1 Å². The summed E-state index contributed by atoms with van der Waals surface area (Å²) in [6.45, 7) is 4.13. The Morgan fingerprint density at radius 3 is 2.80 bits per heavy atom. The molecule has 0 saturated carbocycles. The third kappa shape index (κ3) is 1.54. The van der Waals surface area contributed by atoms with Crippen LogP contribution in [0.3, 0.4) is 0 Å². The molecule has 20 heavy (non-hydrogen) atoms. The summed E-state index contributed by atoms with van der Waals surface area (Å²) in [5.41, 5.74) is 5.23. The van der Waals surface area contributed by atoms with Crippen LogP contribution in [0, 0.1) is 13.8 Å². The van der Waals surface area contributed by atoms with Gasteiger partial charge in [0.2, 0.25) is 0 Å². The van der Waals surface area contributed by atoms with Crippen molar-refractivity contribution in [2.75, 3.05) is 0 Å². The van der Waals surface area contributed by atoms with Crippen LogP contribution in [0.25, 0.3) is 27.6 Å². The summed E-state index contributed by atoms with van der Waals surface area (Å²) >= 11 is 0. The van der Waals surface area contributed by atoms with Crippen LogP contribution in [0.2, 0.25) is 0 Å². The van der Waals surface area contributed by atoms with Crippen LogP contribution in [-0.4, -0.2) is 14.9 Å². The number of aryl methyl sites for hydroxylation is 2. The Labute approximate surface area is 115 Å². The standard InChI is InChI=1S/C16H13N3O/c1-10-3-4-12-8-17-19(14(12)5-10)15-6-11(2)7-16-13(15)9-18-20-16/h3-9H,1-2H3. The highest BCUT2D eigenvalue weighted by Crippen LogP contribution is 2.27. The summed E-state index contributed by atoms with van der Waals surface area (Å²) in [5, 5.41) is 10.5. The first-order chi connectivity index (χ1) is 9.72. The Bertz CT molecular complexity index is 933. The van der Waals surface area contributed by atoms with Crippen molar-refractivity contribution in [3.63, 3.8) is 0 Å². The summed E-state index contributed by atoms with van der Waals surface area (Å²) in [5.74, 6) is 0. The largest absolute Gasteiger partial charge is 0.356 e.